The molecule has 11 heavy (non-hydrogen) atoms. The van der Waals surface area contributed by atoms with E-state index in [9.17, 15) is 4.79 Å². The third-order valence-electron chi connectivity index (χ3n) is 1.41. The standard InChI is InChI=1S/C7H15NO3/c1-4(2)3-5(9)6(8)7(10)11/h4-6,9H,3,8H2,1-2H3,(H,10,11)/t5-,6-/m1/s1. The molecule has 0 amide bonds. The Morgan fingerprint density at radius 3 is 2.27 bits per heavy atom. The molecule has 0 rings (SSSR count). The largest absolute Gasteiger partial charge is 0.480 e. The van der Waals surface area contributed by atoms with E-state index in [1.807, 2.05) is 13.8 Å². The maximum absolute atomic E-state index is 10.2. The summed E-state index contributed by atoms with van der Waals surface area (Å²) in [5, 5.41) is 17.5. The molecule has 0 aliphatic heterocycles. The smallest absolute Gasteiger partial charge is 0.323 e. The van der Waals surface area contributed by atoms with Gasteiger partial charge in [-0.15, -0.1) is 0 Å². The number of rotatable bonds is 4. The van der Waals surface area contributed by atoms with Gasteiger partial charge >= 0.3 is 5.97 Å². The van der Waals surface area contributed by atoms with E-state index in [0.29, 0.717) is 6.42 Å². The third-order valence-corrected chi connectivity index (χ3v) is 1.41. The lowest BCUT2D eigenvalue weighted by Crippen LogP contribution is -2.42. The molecule has 4 nitrogen and oxygen atoms in total. The number of aliphatic hydroxyl groups excluding tert-OH is 1. The van der Waals surface area contributed by atoms with Gasteiger partial charge in [-0.25, -0.2) is 0 Å². The van der Waals surface area contributed by atoms with Gasteiger partial charge in [0.1, 0.15) is 6.04 Å². The monoisotopic (exact) mass is 161 g/mol. The number of nitrogens with two attached hydrogens (primary N) is 1. The Labute approximate surface area is 66.0 Å². The van der Waals surface area contributed by atoms with E-state index in [2.05, 4.69) is 0 Å². The predicted molar refractivity (Wildman–Crippen MR) is 41.1 cm³/mol. The Bertz CT molecular complexity index is 136. The first-order chi connectivity index (χ1) is 4.95. The summed E-state index contributed by atoms with van der Waals surface area (Å²) in [4.78, 5) is 10.2. The first-order valence-corrected chi connectivity index (χ1v) is 3.61. The van der Waals surface area contributed by atoms with E-state index in [0.717, 1.165) is 0 Å². The molecule has 0 aromatic carbocycles. The van der Waals surface area contributed by atoms with Gasteiger partial charge in [0.2, 0.25) is 0 Å². The fourth-order valence-electron chi connectivity index (χ4n) is 0.794. The van der Waals surface area contributed by atoms with Gasteiger partial charge in [-0.3, -0.25) is 4.79 Å². The van der Waals surface area contributed by atoms with Gasteiger partial charge in [-0.2, -0.15) is 0 Å². The van der Waals surface area contributed by atoms with Crippen LogP contribution in [-0.2, 0) is 4.79 Å². The number of carboxylic acid groups (broad SMARTS) is 1. The Morgan fingerprint density at radius 1 is 1.55 bits per heavy atom. The minimum absolute atomic E-state index is 0.260. The summed E-state index contributed by atoms with van der Waals surface area (Å²) in [5.74, 6) is -0.895. The lowest BCUT2D eigenvalue weighted by atomic mass is 10.0. The van der Waals surface area contributed by atoms with Crippen LogP contribution in [0, 0.1) is 5.92 Å². The molecule has 4 heteroatoms. The van der Waals surface area contributed by atoms with Gasteiger partial charge in [0.05, 0.1) is 6.10 Å². The van der Waals surface area contributed by atoms with Crippen molar-refractivity contribution in [2.24, 2.45) is 11.7 Å². The summed E-state index contributed by atoms with van der Waals surface area (Å²) in [6.45, 7) is 3.80. The average Bonchev–Trinajstić information content (AvgIpc) is 1.84. The van der Waals surface area contributed by atoms with Crippen LogP contribution in [-0.4, -0.2) is 28.3 Å². The highest BCUT2D eigenvalue weighted by Gasteiger charge is 2.22. The van der Waals surface area contributed by atoms with E-state index < -0.39 is 18.1 Å². The molecule has 0 aromatic heterocycles. The molecule has 2 atom stereocenters. The predicted octanol–water partition coefficient (Wildman–Crippen LogP) is -0.195. The third kappa shape index (κ3) is 3.95. The van der Waals surface area contributed by atoms with Crippen molar-refractivity contribution >= 4 is 5.97 Å². The molecule has 0 unspecified atom stereocenters. The summed E-state index contributed by atoms with van der Waals surface area (Å²) in [6.07, 6.45) is -0.513. The van der Waals surface area contributed by atoms with Crippen LogP contribution in [0.4, 0.5) is 0 Å². The van der Waals surface area contributed by atoms with Crippen molar-refractivity contribution in [2.75, 3.05) is 0 Å². The molecule has 0 aliphatic rings. The fourth-order valence-corrected chi connectivity index (χ4v) is 0.794. The van der Waals surface area contributed by atoms with Crippen molar-refractivity contribution in [1.29, 1.82) is 0 Å². The molecule has 0 heterocycles. The first kappa shape index (κ1) is 10.4. The highest BCUT2D eigenvalue weighted by atomic mass is 16.4. The summed E-state index contributed by atoms with van der Waals surface area (Å²) >= 11 is 0. The zero-order chi connectivity index (χ0) is 9.02. The van der Waals surface area contributed by atoms with E-state index in [1.165, 1.54) is 0 Å². The molecule has 0 fully saturated rings. The number of hydrogen-bond acceptors (Lipinski definition) is 3. The number of aliphatic hydroxyl groups is 1. The Hall–Kier alpha value is -0.610. The second-order valence-corrected chi connectivity index (χ2v) is 3.06. The van der Waals surface area contributed by atoms with Crippen LogP contribution in [0.25, 0.3) is 0 Å². The van der Waals surface area contributed by atoms with Gasteiger partial charge in [0, 0.05) is 0 Å². The molecule has 0 spiro atoms. The van der Waals surface area contributed by atoms with Crippen molar-refractivity contribution in [2.45, 2.75) is 32.4 Å². The molecule has 0 aliphatic carbocycles. The second-order valence-electron chi connectivity index (χ2n) is 3.06. The molecule has 0 aromatic rings. The minimum atomic E-state index is -1.16. The Balaban J connectivity index is 3.82. The fraction of sp³-hybridized carbons (Fsp3) is 0.857. The lowest BCUT2D eigenvalue weighted by molar-refractivity contribution is -0.141. The quantitative estimate of drug-likeness (QED) is 0.533. The zero-order valence-electron chi connectivity index (χ0n) is 6.82. The minimum Gasteiger partial charge on any atom is -0.480 e. The SMILES string of the molecule is CC(C)C[C@@H](O)[C@@H](N)C(=O)O. The van der Waals surface area contributed by atoms with Gasteiger partial charge in [0.25, 0.3) is 0 Å². The molecule has 0 saturated heterocycles. The van der Waals surface area contributed by atoms with Crippen molar-refractivity contribution in [3.63, 3.8) is 0 Å². The van der Waals surface area contributed by atoms with E-state index >= 15 is 0 Å². The van der Waals surface area contributed by atoms with Crippen LogP contribution >= 0.6 is 0 Å². The molecule has 0 radical (unpaired) electrons. The van der Waals surface area contributed by atoms with Crippen LogP contribution in [0.1, 0.15) is 20.3 Å². The van der Waals surface area contributed by atoms with Crippen molar-refractivity contribution < 1.29 is 15.0 Å². The highest BCUT2D eigenvalue weighted by molar-refractivity contribution is 5.73. The summed E-state index contributed by atoms with van der Waals surface area (Å²) in [7, 11) is 0. The van der Waals surface area contributed by atoms with Gasteiger partial charge in [-0.05, 0) is 12.3 Å². The van der Waals surface area contributed by atoms with Gasteiger partial charge in [-0.1, -0.05) is 13.8 Å². The normalized spacial score (nSPS) is 16.5. The number of carbonyl (C=O) groups is 1. The average molecular weight is 161 g/mol. The topological polar surface area (TPSA) is 83.5 Å². The molecular formula is C7H15NO3. The Morgan fingerprint density at radius 2 is 2.00 bits per heavy atom. The van der Waals surface area contributed by atoms with Crippen LogP contribution in [0.3, 0.4) is 0 Å². The van der Waals surface area contributed by atoms with E-state index in [4.69, 9.17) is 15.9 Å². The van der Waals surface area contributed by atoms with Crippen LogP contribution in [0.15, 0.2) is 0 Å². The van der Waals surface area contributed by atoms with Crippen molar-refractivity contribution in [3.05, 3.63) is 0 Å². The van der Waals surface area contributed by atoms with Crippen LogP contribution in [0.5, 0.6) is 0 Å². The molecular weight excluding hydrogens is 146 g/mol. The molecule has 0 bridgehead atoms. The number of hydrogen-bond donors (Lipinski definition) is 3. The highest BCUT2D eigenvalue weighted by Crippen LogP contribution is 2.06. The van der Waals surface area contributed by atoms with Crippen molar-refractivity contribution in [3.8, 4) is 0 Å². The summed E-state index contributed by atoms with van der Waals surface area (Å²) in [6, 6.07) is -1.16. The van der Waals surface area contributed by atoms with Crippen LogP contribution in [0.2, 0.25) is 0 Å². The molecule has 4 N–H and O–H groups in total. The molecule has 66 valence electrons. The number of aliphatic carboxylic acids is 1. The molecule has 0 saturated carbocycles. The van der Waals surface area contributed by atoms with Crippen molar-refractivity contribution in [1.82, 2.24) is 0 Å². The summed E-state index contributed by atoms with van der Waals surface area (Å²) < 4.78 is 0. The van der Waals surface area contributed by atoms with E-state index in [1.54, 1.807) is 0 Å². The maximum atomic E-state index is 10.2. The lowest BCUT2D eigenvalue weighted by Gasteiger charge is -2.16. The zero-order valence-corrected chi connectivity index (χ0v) is 6.82. The summed E-state index contributed by atoms with van der Waals surface area (Å²) in [5.41, 5.74) is 5.16. The maximum Gasteiger partial charge on any atom is 0.323 e. The number of carboxylic acids is 1. The Kier molecular flexibility index (Phi) is 4.07. The van der Waals surface area contributed by atoms with Crippen LogP contribution < -0.4 is 5.73 Å². The van der Waals surface area contributed by atoms with Gasteiger partial charge in [0.15, 0.2) is 0 Å². The second kappa shape index (κ2) is 4.31. The first-order valence-electron chi connectivity index (χ1n) is 3.61. The van der Waals surface area contributed by atoms with Gasteiger partial charge < -0.3 is 15.9 Å². The van der Waals surface area contributed by atoms with E-state index in [-0.39, 0.29) is 5.92 Å².